The fraction of sp³-hybridized carbons (Fsp3) is 0.643. The second-order valence-electron chi connectivity index (χ2n) is 11.7. The van der Waals surface area contributed by atoms with Gasteiger partial charge in [-0.25, -0.2) is 4.79 Å². The summed E-state index contributed by atoms with van der Waals surface area (Å²) in [5.74, 6) is 0.934. The first-order valence-electron chi connectivity index (χ1n) is 13.7. The Balaban J connectivity index is 1.24. The number of carboxylic acids is 1. The van der Waals surface area contributed by atoms with Crippen LogP contribution in [0, 0.1) is 17.8 Å². The summed E-state index contributed by atoms with van der Waals surface area (Å²) in [7, 11) is 0. The third-order valence-electron chi connectivity index (χ3n) is 8.93. The van der Waals surface area contributed by atoms with Crippen LogP contribution in [-0.4, -0.2) is 37.6 Å². The van der Waals surface area contributed by atoms with Gasteiger partial charge in [0.1, 0.15) is 5.69 Å². The average Bonchev–Trinajstić information content (AvgIpc) is 3.08. The van der Waals surface area contributed by atoms with Crippen molar-refractivity contribution in [3.05, 3.63) is 41.2 Å². The van der Waals surface area contributed by atoms with E-state index in [1.807, 2.05) is 0 Å². The molecule has 4 bridgehead atoms. The SMILES string of the molecule is O=C(O)c1cccc(NC(=O)c2nn(C3CCCCCC3)nc2COC23CC4CC(CC(C4)C2)C3)c1. The van der Waals surface area contributed by atoms with E-state index < -0.39 is 5.97 Å². The fourth-order valence-electron chi connectivity index (χ4n) is 7.63. The van der Waals surface area contributed by atoms with E-state index in [9.17, 15) is 14.7 Å². The van der Waals surface area contributed by atoms with Gasteiger partial charge < -0.3 is 15.2 Å². The Morgan fingerprint density at radius 3 is 2.31 bits per heavy atom. The number of rotatable bonds is 7. The molecule has 7 rings (SSSR count). The number of hydrogen-bond donors (Lipinski definition) is 2. The first kappa shape index (κ1) is 23.6. The number of nitrogens with zero attached hydrogens (tertiary/aromatic N) is 3. The third kappa shape index (κ3) is 4.80. The maximum absolute atomic E-state index is 13.4. The molecule has 1 aromatic carbocycles. The van der Waals surface area contributed by atoms with Crippen LogP contribution < -0.4 is 5.32 Å². The van der Waals surface area contributed by atoms with Crippen LogP contribution in [0.15, 0.2) is 24.3 Å². The van der Waals surface area contributed by atoms with E-state index in [2.05, 4.69) is 5.32 Å². The number of aromatic nitrogens is 3. The second-order valence-corrected chi connectivity index (χ2v) is 11.7. The number of ether oxygens (including phenoxy) is 1. The lowest BCUT2D eigenvalue weighted by Gasteiger charge is -2.56. The third-order valence-corrected chi connectivity index (χ3v) is 8.93. The molecule has 0 spiro atoms. The molecule has 2 N–H and O–H groups in total. The van der Waals surface area contributed by atoms with Gasteiger partial charge in [-0.15, -0.1) is 5.10 Å². The number of carbonyl (C=O) groups is 2. The standard InChI is InChI=1S/C28H36N4O4/c33-26(29-22-7-5-6-21(13-22)27(34)35)25-24(30-32(31-25)23-8-3-1-2-4-9-23)17-36-28-14-18-10-19(15-28)12-20(11-18)16-28/h5-7,13,18-20,23H,1-4,8-12,14-17H2,(H,29,33)(H,34,35). The predicted molar refractivity (Wildman–Crippen MR) is 134 cm³/mol. The second kappa shape index (κ2) is 9.61. The number of amides is 1. The fourth-order valence-corrected chi connectivity index (χ4v) is 7.63. The zero-order chi connectivity index (χ0) is 24.7. The van der Waals surface area contributed by atoms with E-state index in [0.717, 1.165) is 62.7 Å². The van der Waals surface area contributed by atoms with E-state index in [-0.39, 0.29) is 35.4 Å². The van der Waals surface area contributed by atoms with Crippen molar-refractivity contribution < 1.29 is 19.4 Å². The van der Waals surface area contributed by atoms with Crippen LogP contribution in [0.3, 0.4) is 0 Å². The van der Waals surface area contributed by atoms with E-state index in [1.165, 1.54) is 44.2 Å². The molecule has 5 saturated carbocycles. The van der Waals surface area contributed by atoms with Crippen LogP contribution >= 0.6 is 0 Å². The molecule has 0 unspecified atom stereocenters. The Labute approximate surface area is 211 Å². The number of nitrogens with one attached hydrogen (secondary N) is 1. The molecule has 2 aromatic rings. The number of hydrogen-bond acceptors (Lipinski definition) is 5. The molecule has 1 heterocycles. The highest BCUT2D eigenvalue weighted by atomic mass is 16.5. The van der Waals surface area contributed by atoms with Gasteiger partial charge >= 0.3 is 5.97 Å². The Bertz CT molecular complexity index is 1100. The van der Waals surface area contributed by atoms with Crippen LogP contribution in [0.4, 0.5) is 5.69 Å². The van der Waals surface area contributed by atoms with Crippen molar-refractivity contribution in [3.63, 3.8) is 0 Å². The normalized spacial score (nSPS) is 29.7. The maximum Gasteiger partial charge on any atom is 0.335 e. The molecule has 5 fully saturated rings. The van der Waals surface area contributed by atoms with Crippen molar-refractivity contribution in [2.75, 3.05) is 5.32 Å². The molecule has 5 aliphatic carbocycles. The Kier molecular flexibility index (Phi) is 6.32. The largest absolute Gasteiger partial charge is 0.478 e. The summed E-state index contributed by atoms with van der Waals surface area (Å²) in [6.45, 7) is 0.288. The number of carbonyl (C=O) groups excluding carboxylic acids is 1. The molecule has 36 heavy (non-hydrogen) atoms. The van der Waals surface area contributed by atoms with Crippen molar-refractivity contribution in [1.29, 1.82) is 0 Å². The van der Waals surface area contributed by atoms with Gasteiger partial charge in [0.25, 0.3) is 5.91 Å². The number of aromatic carboxylic acids is 1. The molecule has 8 nitrogen and oxygen atoms in total. The lowest BCUT2D eigenvalue weighted by molar-refractivity contribution is -0.169. The number of anilines is 1. The molecular weight excluding hydrogens is 456 g/mol. The Hall–Kier alpha value is -2.74. The minimum atomic E-state index is -1.03. The Morgan fingerprint density at radius 2 is 1.67 bits per heavy atom. The summed E-state index contributed by atoms with van der Waals surface area (Å²) < 4.78 is 6.67. The van der Waals surface area contributed by atoms with Crippen LogP contribution in [0.2, 0.25) is 0 Å². The minimum Gasteiger partial charge on any atom is -0.478 e. The molecule has 0 aliphatic heterocycles. The molecule has 1 amide bonds. The zero-order valence-electron chi connectivity index (χ0n) is 20.8. The van der Waals surface area contributed by atoms with Crippen molar-refractivity contribution >= 4 is 17.6 Å². The van der Waals surface area contributed by atoms with Crippen LogP contribution in [0.1, 0.15) is 110 Å². The van der Waals surface area contributed by atoms with Gasteiger partial charge in [-0.05, 0) is 87.3 Å². The van der Waals surface area contributed by atoms with Crippen LogP contribution in [0.5, 0.6) is 0 Å². The molecule has 192 valence electrons. The van der Waals surface area contributed by atoms with E-state index in [1.54, 1.807) is 16.9 Å². The first-order valence-corrected chi connectivity index (χ1v) is 13.7. The smallest absolute Gasteiger partial charge is 0.335 e. The maximum atomic E-state index is 13.4. The van der Waals surface area contributed by atoms with E-state index >= 15 is 0 Å². The van der Waals surface area contributed by atoms with Crippen molar-refractivity contribution in [2.24, 2.45) is 17.8 Å². The average molecular weight is 493 g/mol. The Morgan fingerprint density at radius 1 is 1.00 bits per heavy atom. The van der Waals surface area contributed by atoms with Crippen molar-refractivity contribution in [1.82, 2.24) is 15.0 Å². The van der Waals surface area contributed by atoms with E-state index in [0.29, 0.717) is 11.4 Å². The van der Waals surface area contributed by atoms with Gasteiger partial charge in [-0.2, -0.15) is 9.90 Å². The minimum absolute atomic E-state index is 0.0790. The zero-order valence-corrected chi connectivity index (χ0v) is 20.8. The quantitative estimate of drug-likeness (QED) is 0.487. The van der Waals surface area contributed by atoms with Gasteiger partial charge in [-0.3, -0.25) is 4.79 Å². The van der Waals surface area contributed by atoms with Gasteiger partial charge in [0, 0.05) is 5.69 Å². The number of benzene rings is 1. The summed E-state index contributed by atoms with van der Waals surface area (Å²) >= 11 is 0. The summed E-state index contributed by atoms with van der Waals surface area (Å²) in [5, 5.41) is 21.7. The highest BCUT2D eigenvalue weighted by molar-refractivity contribution is 6.04. The molecular formula is C28H36N4O4. The number of carboxylic acid groups (broad SMARTS) is 1. The van der Waals surface area contributed by atoms with Crippen LogP contribution in [0.25, 0.3) is 0 Å². The topological polar surface area (TPSA) is 106 Å². The highest BCUT2D eigenvalue weighted by Gasteiger charge is 2.51. The molecule has 0 saturated heterocycles. The van der Waals surface area contributed by atoms with Crippen molar-refractivity contribution in [2.45, 2.75) is 95.3 Å². The van der Waals surface area contributed by atoms with E-state index in [4.69, 9.17) is 14.9 Å². The first-order chi connectivity index (χ1) is 17.5. The monoisotopic (exact) mass is 492 g/mol. The summed E-state index contributed by atoms with van der Waals surface area (Å²) in [6.07, 6.45) is 14.2. The lowest BCUT2D eigenvalue weighted by atomic mass is 9.54. The van der Waals surface area contributed by atoms with Crippen molar-refractivity contribution in [3.8, 4) is 0 Å². The predicted octanol–water partition coefficient (Wildman–Crippen LogP) is 5.61. The lowest BCUT2D eigenvalue weighted by Crippen LogP contribution is -2.51. The summed E-state index contributed by atoms with van der Waals surface area (Å²) in [4.78, 5) is 26.5. The van der Waals surface area contributed by atoms with Gasteiger partial charge in [-0.1, -0.05) is 31.7 Å². The molecule has 8 heteroatoms. The molecule has 1 aromatic heterocycles. The van der Waals surface area contributed by atoms with Gasteiger partial charge in [0.2, 0.25) is 0 Å². The van der Waals surface area contributed by atoms with Gasteiger partial charge in [0.15, 0.2) is 5.69 Å². The molecule has 0 radical (unpaired) electrons. The summed E-state index contributed by atoms with van der Waals surface area (Å²) in [6, 6.07) is 6.47. The van der Waals surface area contributed by atoms with Gasteiger partial charge in [0.05, 0.1) is 23.8 Å². The summed E-state index contributed by atoms with van der Waals surface area (Å²) in [5.41, 5.74) is 1.34. The highest BCUT2D eigenvalue weighted by Crippen LogP contribution is 2.57. The molecule has 5 aliphatic rings. The molecule has 0 atom stereocenters. The van der Waals surface area contributed by atoms with Crippen LogP contribution in [-0.2, 0) is 11.3 Å².